The highest BCUT2D eigenvalue weighted by molar-refractivity contribution is 5.96. The number of carbonyl (C=O) groups excluding carboxylic acids is 2. The molecular weight excluding hydrogens is 302 g/mol. The average molecular weight is 326 g/mol. The maximum Gasteiger partial charge on any atom is 0.251 e. The third kappa shape index (κ3) is 4.91. The highest BCUT2D eigenvalue weighted by Gasteiger charge is 2.22. The zero-order valence-electron chi connectivity index (χ0n) is 12.9. The average Bonchev–Trinajstić information content (AvgIpc) is 2.53. The minimum atomic E-state index is -0.250. The van der Waals surface area contributed by atoms with Gasteiger partial charge in [-0.15, -0.1) is 12.4 Å². The first-order valence-corrected chi connectivity index (χ1v) is 7.47. The van der Waals surface area contributed by atoms with Crippen molar-refractivity contribution in [3.05, 3.63) is 29.8 Å². The summed E-state index contributed by atoms with van der Waals surface area (Å²) in [7, 11) is 1.83. The maximum atomic E-state index is 12.1. The van der Waals surface area contributed by atoms with Gasteiger partial charge in [0.2, 0.25) is 5.91 Å². The summed E-state index contributed by atoms with van der Waals surface area (Å²) in [5.41, 5.74) is 6.70. The first-order chi connectivity index (χ1) is 10.1. The van der Waals surface area contributed by atoms with Crippen LogP contribution in [0.2, 0.25) is 0 Å². The number of amides is 2. The number of nitrogens with one attached hydrogen (secondary N) is 1. The predicted octanol–water partition coefficient (Wildman–Crippen LogP) is 2.21. The Bertz CT molecular complexity index is 499. The second-order valence-electron chi connectivity index (χ2n) is 5.60. The van der Waals surface area contributed by atoms with Crippen LogP contribution in [-0.2, 0) is 4.79 Å². The molecule has 1 aromatic carbocycles. The van der Waals surface area contributed by atoms with E-state index in [4.69, 9.17) is 5.73 Å². The maximum absolute atomic E-state index is 12.1. The number of nitrogen functional groups attached to an aromatic ring is 1. The highest BCUT2D eigenvalue weighted by Crippen LogP contribution is 2.21. The fourth-order valence-corrected chi connectivity index (χ4v) is 2.69. The van der Waals surface area contributed by atoms with Gasteiger partial charge in [0.05, 0.1) is 6.54 Å². The summed E-state index contributed by atoms with van der Waals surface area (Å²) in [6, 6.07) is 6.97. The Morgan fingerprint density at radius 2 is 1.77 bits per heavy atom. The summed E-state index contributed by atoms with van der Waals surface area (Å²) >= 11 is 0. The van der Waals surface area contributed by atoms with E-state index in [0.29, 0.717) is 17.3 Å². The van der Waals surface area contributed by atoms with Crippen molar-refractivity contribution in [3.63, 3.8) is 0 Å². The van der Waals surface area contributed by atoms with Crippen LogP contribution < -0.4 is 11.1 Å². The predicted molar refractivity (Wildman–Crippen MR) is 90.1 cm³/mol. The summed E-state index contributed by atoms with van der Waals surface area (Å²) in [5, 5.41) is 2.67. The van der Waals surface area contributed by atoms with Gasteiger partial charge < -0.3 is 16.0 Å². The van der Waals surface area contributed by atoms with Crippen LogP contribution in [0.3, 0.4) is 0 Å². The molecule has 0 aliphatic heterocycles. The van der Waals surface area contributed by atoms with Crippen molar-refractivity contribution in [2.75, 3.05) is 19.3 Å². The lowest BCUT2D eigenvalue weighted by atomic mass is 9.94. The normalized spacial score (nSPS) is 14.8. The minimum absolute atomic E-state index is 0. The number of halogens is 1. The van der Waals surface area contributed by atoms with Crippen LogP contribution in [0.1, 0.15) is 42.5 Å². The molecule has 5 nitrogen and oxygen atoms in total. The summed E-state index contributed by atoms with van der Waals surface area (Å²) in [4.78, 5) is 25.8. The topological polar surface area (TPSA) is 75.4 Å². The molecule has 0 spiro atoms. The lowest BCUT2D eigenvalue weighted by Crippen LogP contribution is -2.44. The van der Waals surface area contributed by atoms with Gasteiger partial charge in [-0.2, -0.15) is 0 Å². The van der Waals surface area contributed by atoms with Crippen LogP contribution in [0, 0.1) is 0 Å². The third-order valence-electron chi connectivity index (χ3n) is 4.09. The molecule has 0 heterocycles. The number of hydrogen-bond donors (Lipinski definition) is 2. The first-order valence-electron chi connectivity index (χ1n) is 7.47. The van der Waals surface area contributed by atoms with Crippen LogP contribution >= 0.6 is 12.4 Å². The Morgan fingerprint density at radius 3 is 2.36 bits per heavy atom. The molecule has 22 heavy (non-hydrogen) atoms. The van der Waals surface area contributed by atoms with Crippen molar-refractivity contribution in [3.8, 4) is 0 Å². The number of nitrogens with zero attached hydrogens (tertiary/aromatic N) is 1. The molecule has 0 unspecified atom stereocenters. The van der Waals surface area contributed by atoms with E-state index in [9.17, 15) is 9.59 Å². The summed E-state index contributed by atoms with van der Waals surface area (Å²) in [6.07, 6.45) is 5.74. The van der Waals surface area contributed by atoms with Gasteiger partial charge in [-0.3, -0.25) is 9.59 Å². The van der Waals surface area contributed by atoms with Gasteiger partial charge in [-0.25, -0.2) is 0 Å². The van der Waals surface area contributed by atoms with Crippen LogP contribution in [-0.4, -0.2) is 36.3 Å². The molecule has 1 fully saturated rings. The number of rotatable bonds is 4. The van der Waals surface area contributed by atoms with Gasteiger partial charge in [0.25, 0.3) is 5.91 Å². The van der Waals surface area contributed by atoms with E-state index >= 15 is 0 Å². The van der Waals surface area contributed by atoms with Crippen molar-refractivity contribution < 1.29 is 9.59 Å². The largest absolute Gasteiger partial charge is 0.399 e. The standard InChI is InChI=1S/C16H23N3O2.ClH/c1-19(14-5-3-2-4-6-14)15(20)11-18-16(21)12-7-9-13(17)10-8-12;/h7-10,14H,2-6,11,17H2,1H3,(H,18,21);1H. The zero-order chi connectivity index (χ0) is 15.2. The fourth-order valence-electron chi connectivity index (χ4n) is 2.69. The van der Waals surface area contributed by atoms with Crippen molar-refractivity contribution >= 4 is 29.9 Å². The zero-order valence-corrected chi connectivity index (χ0v) is 13.7. The molecule has 1 saturated carbocycles. The van der Waals surface area contributed by atoms with E-state index in [1.165, 1.54) is 19.3 Å². The molecule has 0 atom stereocenters. The van der Waals surface area contributed by atoms with Crippen molar-refractivity contribution in [1.82, 2.24) is 10.2 Å². The number of anilines is 1. The van der Waals surface area contributed by atoms with E-state index in [1.54, 1.807) is 29.2 Å². The Balaban J connectivity index is 0.00000242. The SMILES string of the molecule is CN(C(=O)CNC(=O)c1ccc(N)cc1)C1CCCCC1.Cl. The second-order valence-corrected chi connectivity index (χ2v) is 5.60. The Morgan fingerprint density at radius 1 is 1.18 bits per heavy atom. The molecule has 2 rings (SSSR count). The molecule has 0 bridgehead atoms. The van der Waals surface area contributed by atoms with Gasteiger partial charge in [0.1, 0.15) is 0 Å². The molecule has 1 aromatic rings. The van der Waals surface area contributed by atoms with E-state index in [0.717, 1.165) is 12.8 Å². The van der Waals surface area contributed by atoms with Gasteiger partial charge in [-0.05, 0) is 37.1 Å². The van der Waals surface area contributed by atoms with Crippen LogP contribution in [0.25, 0.3) is 0 Å². The van der Waals surface area contributed by atoms with E-state index in [1.807, 2.05) is 7.05 Å². The smallest absolute Gasteiger partial charge is 0.251 e. The van der Waals surface area contributed by atoms with Crippen molar-refractivity contribution in [2.45, 2.75) is 38.1 Å². The molecule has 2 amide bonds. The highest BCUT2D eigenvalue weighted by atomic mass is 35.5. The molecule has 122 valence electrons. The summed E-state index contributed by atoms with van der Waals surface area (Å²) in [6.45, 7) is 0.0379. The lowest BCUT2D eigenvalue weighted by Gasteiger charge is -2.31. The lowest BCUT2D eigenvalue weighted by molar-refractivity contribution is -0.131. The molecule has 0 saturated heterocycles. The van der Waals surface area contributed by atoms with Gasteiger partial charge in [0.15, 0.2) is 0 Å². The molecule has 1 aliphatic carbocycles. The third-order valence-corrected chi connectivity index (χ3v) is 4.09. The molecule has 6 heteroatoms. The Kier molecular flexibility index (Phi) is 7.18. The Labute approximate surface area is 137 Å². The van der Waals surface area contributed by atoms with Crippen LogP contribution in [0.15, 0.2) is 24.3 Å². The van der Waals surface area contributed by atoms with Crippen molar-refractivity contribution in [2.24, 2.45) is 0 Å². The fraction of sp³-hybridized carbons (Fsp3) is 0.500. The minimum Gasteiger partial charge on any atom is -0.399 e. The summed E-state index contributed by atoms with van der Waals surface area (Å²) < 4.78 is 0. The van der Waals surface area contributed by atoms with E-state index in [-0.39, 0.29) is 30.8 Å². The van der Waals surface area contributed by atoms with Crippen molar-refractivity contribution in [1.29, 1.82) is 0 Å². The first kappa shape index (κ1) is 18.3. The molecular formula is C16H24ClN3O2. The molecule has 0 aromatic heterocycles. The summed E-state index contributed by atoms with van der Waals surface area (Å²) in [5.74, 6) is -0.286. The molecule has 0 radical (unpaired) electrons. The molecule has 3 N–H and O–H groups in total. The van der Waals surface area contributed by atoms with Crippen LogP contribution in [0.4, 0.5) is 5.69 Å². The molecule has 1 aliphatic rings. The number of carbonyl (C=O) groups is 2. The van der Waals surface area contributed by atoms with Crippen LogP contribution in [0.5, 0.6) is 0 Å². The van der Waals surface area contributed by atoms with E-state index in [2.05, 4.69) is 5.32 Å². The number of benzene rings is 1. The van der Waals surface area contributed by atoms with Gasteiger partial charge in [-0.1, -0.05) is 19.3 Å². The number of hydrogen-bond acceptors (Lipinski definition) is 3. The number of nitrogens with two attached hydrogens (primary N) is 1. The Hall–Kier alpha value is -1.75. The van der Waals surface area contributed by atoms with Gasteiger partial charge >= 0.3 is 0 Å². The monoisotopic (exact) mass is 325 g/mol. The van der Waals surface area contributed by atoms with Gasteiger partial charge in [0, 0.05) is 24.3 Å². The quantitative estimate of drug-likeness (QED) is 0.833. The second kappa shape index (κ2) is 8.63. The number of likely N-dealkylation sites (N-methyl/N-ethyl adjacent to an activating group) is 1. The van der Waals surface area contributed by atoms with E-state index < -0.39 is 0 Å².